The average Bonchev–Trinajstić information content (AvgIpc) is 3.41. The van der Waals surface area contributed by atoms with Crippen LogP contribution >= 0.6 is 0 Å². The molecule has 0 saturated carbocycles. The first-order chi connectivity index (χ1) is 15.8. The van der Waals surface area contributed by atoms with Gasteiger partial charge in [0.05, 0.1) is 19.2 Å². The number of aryl methyl sites for hydroxylation is 2. The van der Waals surface area contributed by atoms with Gasteiger partial charge in [0.2, 0.25) is 5.54 Å². The Morgan fingerprint density at radius 2 is 2.09 bits per heavy atom. The molecule has 0 aliphatic carbocycles. The van der Waals surface area contributed by atoms with E-state index in [1.165, 1.54) is 11.7 Å². The number of pyridine rings is 1. The van der Waals surface area contributed by atoms with Crippen molar-refractivity contribution in [3.05, 3.63) is 47.5 Å². The summed E-state index contributed by atoms with van der Waals surface area (Å²) < 4.78 is 6.71. The number of hydrogen-bond donors (Lipinski definition) is 4. The van der Waals surface area contributed by atoms with Crippen LogP contribution in [-0.4, -0.2) is 49.2 Å². The summed E-state index contributed by atoms with van der Waals surface area (Å²) in [4.78, 5) is 36.6. The van der Waals surface area contributed by atoms with Gasteiger partial charge in [-0.2, -0.15) is 0 Å². The van der Waals surface area contributed by atoms with E-state index < -0.39 is 17.5 Å². The number of imidazole rings is 1. The molecule has 3 aromatic heterocycles. The lowest BCUT2D eigenvalue weighted by molar-refractivity contribution is -0.122. The van der Waals surface area contributed by atoms with E-state index in [-0.39, 0.29) is 12.4 Å². The molecule has 4 aromatic rings. The highest BCUT2D eigenvalue weighted by atomic mass is 16.5. The molecule has 1 aliphatic heterocycles. The molecule has 1 fully saturated rings. The summed E-state index contributed by atoms with van der Waals surface area (Å²) in [7, 11) is 1.54. The molecule has 3 amide bonds. The number of rotatable bonds is 3. The van der Waals surface area contributed by atoms with Gasteiger partial charge in [-0.1, -0.05) is 11.8 Å². The Morgan fingerprint density at radius 3 is 2.82 bits per heavy atom. The number of imide groups is 1. The molecule has 10 heteroatoms. The lowest BCUT2D eigenvalue weighted by atomic mass is 9.99. The van der Waals surface area contributed by atoms with Crippen LogP contribution in [0.5, 0.6) is 11.6 Å². The molecule has 10 nitrogen and oxygen atoms in total. The molecule has 33 heavy (non-hydrogen) atoms. The molecule has 0 radical (unpaired) electrons. The van der Waals surface area contributed by atoms with Crippen LogP contribution in [0.4, 0.5) is 4.79 Å². The van der Waals surface area contributed by atoms with Gasteiger partial charge in [0.1, 0.15) is 11.6 Å². The number of aromatic nitrogens is 4. The second-order valence-electron chi connectivity index (χ2n) is 7.92. The molecule has 0 bridgehead atoms. The smallest absolute Gasteiger partial charge is 0.323 e. The van der Waals surface area contributed by atoms with Crippen molar-refractivity contribution in [2.75, 3.05) is 7.11 Å². The van der Waals surface area contributed by atoms with Crippen molar-refractivity contribution in [3.8, 4) is 23.5 Å². The van der Waals surface area contributed by atoms with Gasteiger partial charge in [-0.15, -0.1) is 0 Å². The third-order valence-electron chi connectivity index (χ3n) is 5.73. The molecule has 5 rings (SSSR count). The number of carbonyl (C=O) groups excluding carboxylic acids is 2. The number of methoxy groups -OCH3 is 1. The van der Waals surface area contributed by atoms with Crippen LogP contribution < -0.4 is 15.4 Å². The lowest BCUT2D eigenvalue weighted by Gasteiger charge is -2.20. The summed E-state index contributed by atoms with van der Waals surface area (Å²) in [6, 6.07) is 4.62. The minimum absolute atomic E-state index is 0.0637. The minimum atomic E-state index is -1.58. The first-order valence-electron chi connectivity index (χ1n) is 10.1. The van der Waals surface area contributed by atoms with Crippen LogP contribution in [-0.2, 0) is 11.3 Å². The van der Waals surface area contributed by atoms with Crippen molar-refractivity contribution in [1.82, 2.24) is 30.2 Å². The zero-order valence-electron chi connectivity index (χ0n) is 18.1. The molecule has 4 heterocycles. The number of ether oxygens (including phenoxy) is 1. The highest BCUT2D eigenvalue weighted by molar-refractivity contribution is 6.09. The van der Waals surface area contributed by atoms with Gasteiger partial charge in [-0.05, 0) is 37.6 Å². The van der Waals surface area contributed by atoms with Gasteiger partial charge in [-0.3, -0.25) is 10.1 Å². The van der Waals surface area contributed by atoms with Crippen molar-refractivity contribution in [1.29, 1.82) is 0 Å². The Labute approximate surface area is 188 Å². The molecule has 1 saturated heterocycles. The van der Waals surface area contributed by atoms with Crippen LogP contribution in [0.2, 0.25) is 0 Å². The van der Waals surface area contributed by atoms with Gasteiger partial charge < -0.3 is 24.7 Å². The number of hydrogen-bond acceptors (Lipinski definition) is 6. The zero-order valence-corrected chi connectivity index (χ0v) is 18.1. The Hall–Kier alpha value is -4.52. The fraction of sp³-hybridized carbons (Fsp3) is 0.217. The Balaban J connectivity index is 1.58. The predicted octanol–water partition coefficient (Wildman–Crippen LogP) is 1.87. The number of benzene rings is 1. The van der Waals surface area contributed by atoms with Gasteiger partial charge in [0.15, 0.2) is 11.5 Å². The second kappa shape index (κ2) is 7.27. The number of H-pyrrole nitrogens is 1. The number of carbonyl (C=O) groups is 2. The maximum atomic E-state index is 12.8. The van der Waals surface area contributed by atoms with E-state index >= 15 is 0 Å². The molecule has 1 aliphatic rings. The molecule has 1 atom stereocenters. The maximum absolute atomic E-state index is 12.8. The van der Waals surface area contributed by atoms with Crippen LogP contribution in [0.15, 0.2) is 30.6 Å². The third kappa shape index (κ3) is 3.30. The van der Waals surface area contributed by atoms with Gasteiger partial charge in [0.25, 0.3) is 5.91 Å². The SMILES string of the molecule is COc1ccc2cn(CC3(C#Cc4cnc5nc(C)[nH]c5c4C)NC(=O)NC3=O)c(O)c2c1. The third-order valence-corrected chi connectivity index (χ3v) is 5.73. The van der Waals surface area contributed by atoms with Gasteiger partial charge in [0, 0.05) is 28.7 Å². The van der Waals surface area contributed by atoms with Gasteiger partial charge >= 0.3 is 6.03 Å². The van der Waals surface area contributed by atoms with Crippen molar-refractivity contribution in [3.63, 3.8) is 0 Å². The number of aromatic hydroxyl groups is 1. The first-order valence-corrected chi connectivity index (χ1v) is 10.1. The summed E-state index contributed by atoms with van der Waals surface area (Å²) >= 11 is 0. The highest BCUT2D eigenvalue weighted by Gasteiger charge is 2.46. The van der Waals surface area contributed by atoms with Crippen molar-refractivity contribution >= 4 is 33.9 Å². The highest BCUT2D eigenvalue weighted by Crippen LogP contribution is 2.32. The summed E-state index contributed by atoms with van der Waals surface area (Å²) in [5, 5.41) is 17.0. The standard InChI is InChI=1S/C23H20N6O4/c1-12-14(9-24-19-18(12)25-13(2)26-19)6-7-23(21(31)27-22(32)28-23)11-29-10-15-4-5-16(33-3)8-17(15)20(29)30/h4-5,8-10,30H,11H2,1-3H3,(H,24,25,26)(H2,27,28,31,32). The maximum Gasteiger partial charge on any atom is 0.323 e. The van der Waals surface area contributed by atoms with Crippen LogP contribution in [0.1, 0.15) is 17.0 Å². The second-order valence-corrected chi connectivity index (χ2v) is 7.92. The molecule has 166 valence electrons. The van der Waals surface area contributed by atoms with Crippen molar-refractivity contribution in [2.24, 2.45) is 0 Å². The number of nitrogens with one attached hydrogen (secondary N) is 3. The zero-order chi connectivity index (χ0) is 23.3. The molecule has 1 aromatic carbocycles. The van der Waals surface area contributed by atoms with Crippen molar-refractivity contribution in [2.45, 2.75) is 25.9 Å². The molecule has 4 N–H and O–H groups in total. The number of aromatic amines is 1. The van der Waals surface area contributed by atoms with Crippen molar-refractivity contribution < 1.29 is 19.4 Å². The van der Waals surface area contributed by atoms with Gasteiger partial charge in [-0.25, -0.2) is 14.8 Å². The lowest BCUT2D eigenvalue weighted by Crippen LogP contribution is -2.49. The van der Waals surface area contributed by atoms with Crippen LogP contribution in [0.3, 0.4) is 0 Å². The summed E-state index contributed by atoms with van der Waals surface area (Å²) in [5.41, 5.74) is 1.17. The first kappa shape index (κ1) is 20.4. The van der Waals surface area contributed by atoms with E-state index in [1.54, 1.807) is 30.6 Å². The molecular formula is C23H20N6O4. The largest absolute Gasteiger partial charge is 0.497 e. The van der Waals surface area contributed by atoms with E-state index in [1.807, 2.05) is 13.8 Å². The monoisotopic (exact) mass is 444 g/mol. The Morgan fingerprint density at radius 1 is 1.27 bits per heavy atom. The normalized spacial score (nSPS) is 17.7. The topological polar surface area (TPSA) is 134 Å². The number of urea groups is 1. The number of fused-ring (bicyclic) bond motifs is 2. The van der Waals surface area contributed by atoms with E-state index in [4.69, 9.17) is 4.74 Å². The number of amides is 3. The average molecular weight is 444 g/mol. The van der Waals surface area contributed by atoms with E-state index in [9.17, 15) is 14.7 Å². The molecule has 1 unspecified atom stereocenters. The summed E-state index contributed by atoms with van der Waals surface area (Å²) in [5.74, 6) is 6.57. The number of nitrogens with zero attached hydrogens (tertiary/aromatic N) is 3. The molecular weight excluding hydrogens is 424 g/mol. The van der Waals surface area contributed by atoms with Crippen LogP contribution in [0.25, 0.3) is 21.9 Å². The van der Waals surface area contributed by atoms with E-state index in [0.717, 1.165) is 22.3 Å². The van der Waals surface area contributed by atoms with E-state index in [0.29, 0.717) is 22.3 Å². The fourth-order valence-corrected chi connectivity index (χ4v) is 3.95. The summed E-state index contributed by atoms with van der Waals surface area (Å²) in [6.07, 6.45) is 3.28. The van der Waals surface area contributed by atoms with Crippen LogP contribution in [0, 0.1) is 25.7 Å². The predicted molar refractivity (Wildman–Crippen MR) is 120 cm³/mol. The quantitative estimate of drug-likeness (QED) is 0.282. The molecule has 0 spiro atoms. The summed E-state index contributed by atoms with van der Waals surface area (Å²) in [6.45, 7) is 3.62. The Bertz CT molecular complexity index is 1520. The minimum Gasteiger partial charge on any atom is -0.497 e. The fourth-order valence-electron chi connectivity index (χ4n) is 3.95. The Kier molecular flexibility index (Phi) is 4.49. The van der Waals surface area contributed by atoms with E-state index in [2.05, 4.69) is 37.4 Å².